The second kappa shape index (κ2) is 9.57. The Morgan fingerprint density at radius 1 is 0.971 bits per heavy atom. The van der Waals surface area contributed by atoms with E-state index < -0.39 is 0 Å². The molecule has 3 fully saturated rings. The highest BCUT2D eigenvalue weighted by Crippen LogP contribution is 2.38. The summed E-state index contributed by atoms with van der Waals surface area (Å²) in [6.07, 6.45) is 4.24. The van der Waals surface area contributed by atoms with Crippen LogP contribution in [-0.4, -0.2) is 60.1 Å². The molecule has 5 nitrogen and oxygen atoms in total. The summed E-state index contributed by atoms with van der Waals surface area (Å²) in [4.78, 5) is 19.9. The quantitative estimate of drug-likeness (QED) is 0.640. The van der Waals surface area contributed by atoms with Gasteiger partial charge in [0.1, 0.15) is 11.5 Å². The minimum atomic E-state index is -0.362. The smallest absolute Gasteiger partial charge is 0.321 e. The number of nitrogens with one attached hydrogen (secondary N) is 1. The Kier molecular flexibility index (Phi) is 6.52. The Balaban J connectivity index is 1.26. The zero-order valence-electron chi connectivity index (χ0n) is 20.6. The van der Waals surface area contributed by atoms with Crippen molar-refractivity contribution in [2.75, 3.05) is 36.4 Å². The van der Waals surface area contributed by atoms with Crippen LogP contribution in [0.25, 0.3) is 0 Å². The van der Waals surface area contributed by atoms with Crippen molar-refractivity contribution in [3.05, 3.63) is 59.4 Å². The highest BCUT2D eigenvalue weighted by atomic mass is 19.1. The van der Waals surface area contributed by atoms with Crippen molar-refractivity contribution in [1.29, 1.82) is 0 Å². The summed E-state index contributed by atoms with van der Waals surface area (Å²) >= 11 is 0. The lowest BCUT2D eigenvalue weighted by Gasteiger charge is -2.44. The number of rotatable bonds is 4. The van der Waals surface area contributed by atoms with Gasteiger partial charge in [0.2, 0.25) is 0 Å². The maximum absolute atomic E-state index is 15.0. The average molecular weight is 465 g/mol. The minimum absolute atomic E-state index is 0.197. The van der Waals surface area contributed by atoms with Gasteiger partial charge in [-0.2, -0.15) is 0 Å². The normalized spacial score (nSPS) is 23.6. The molecule has 0 radical (unpaired) electrons. The molecule has 3 aliphatic rings. The van der Waals surface area contributed by atoms with Crippen LogP contribution in [0.5, 0.6) is 0 Å². The molecule has 3 saturated heterocycles. The Morgan fingerprint density at radius 3 is 2.24 bits per heavy atom. The molecular weight excluding hydrogens is 427 g/mol. The van der Waals surface area contributed by atoms with E-state index in [2.05, 4.69) is 60.2 Å². The van der Waals surface area contributed by atoms with Gasteiger partial charge in [-0.25, -0.2) is 9.18 Å². The maximum Gasteiger partial charge on any atom is 0.321 e. The number of piperidine rings is 1. The SMILES string of the molecule is Cc1ccc(C2CCN(C(=O)Nc3c(F)cccc3N3CC4CCC(C3)N4C(C)C)CC2)cc1. The zero-order valence-corrected chi connectivity index (χ0v) is 20.6. The molecule has 2 amide bonds. The molecule has 0 spiro atoms. The lowest BCUT2D eigenvalue weighted by atomic mass is 9.89. The summed E-state index contributed by atoms with van der Waals surface area (Å²) in [5.41, 5.74) is 3.74. The Morgan fingerprint density at radius 2 is 1.62 bits per heavy atom. The number of urea groups is 1. The van der Waals surface area contributed by atoms with E-state index in [9.17, 15) is 9.18 Å². The molecule has 2 atom stereocenters. The van der Waals surface area contributed by atoms with E-state index in [0.29, 0.717) is 42.8 Å². The number of fused-ring (bicyclic) bond motifs is 2. The summed E-state index contributed by atoms with van der Waals surface area (Å²) in [5.74, 6) is 0.112. The van der Waals surface area contributed by atoms with Gasteiger partial charge >= 0.3 is 6.03 Å². The minimum Gasteiger partial charge on any atom is -0.367 e. The fourth-order valence-corrected chi connectivity index (χ4v) is 6.32. The fraction of sp³-hybridized carbons (Fsp3) is 0.536. The lowest BCUT2D eigenvalue weighted by molar-refractivity contribution is 0.129. The number of amides is 2. The molecule has 2 aromatic carbocycles. The molecule has 2 bridgehead atoms. The number of aryl methyl sites for hydroxylation is 1. The summed E-state index contributed by atoms with van der Waals surface area (Å²) in [6, 6.07) is 15.2. The molecular formula is C28H37FN4O. The van der Waals surface area contributed by atoms with Gasteiger partial charge in [0.15, 0.2) is 0 Å². The third-order valence-corrected chi connectivity index (χ3v) is 8.03. The van der Waals surface area contributed by atoms with Crippen LogP contribution in [0.15, 0.2) is 42.5 Å². The van der Waals surface area contributed by atoms with Crippen LogP contribution in [0.1, 0.15) is 56.6 Å². The molecule has 5 rings (SSSR count). The van der Waals surface area contributed by atoms with E-state index in [0.717, 1.165) is 31.6 Å². The van der Waals surface area contributed by atoms with Gasteiger partial charge in [0, 0.05) is 44.3 Å². The number of halogens is 1. The molecule has 182 valence electrons. The molecule has 0 aliphatic carbocycles. The Labute approximate surface area is 202 Å². The van der Waals surface area contributed by atoms with Gasteiger partial charge in [-0.3, -0.25) is 4.90 Å². The maximum atomic E-state index is 15.0. The average Bonchev–Trinajstić information content (AvgIpc) is 3.11. The van der Waals surface area contributed by atoms with E-state index >= 15 is 0 Å². The van der Waals surface area contributed by atoms with E-state index in [1.807, 2.05) is 11.0 Å². The summed E-state index contributed by atoms with van der Waals surface area (Å²) in [6.45, 7) is 9.75. The second-order valence-corrected chi connectivity index (χ2v) is 10.6. The first-order valence-electron chi connectivity index (χ1n) is 12.8. The van der Waals surface area contributed by atoms with Crippen LogP contribution in [0, 0.1) is 12.7 Å². The van der Waals surface area contributed by atoms with Gasteiger partial charge in [-0.05, 0) is 70.1 Å². The second-order valence-electron chi connectivity index (χ2n) is 10.6. The number of anilines is 2. The third-order valence-electron chi connectivity index (χ3n) is 8.03. The van der Waals surface area contributed by atoms with Crippen molar-refractivity contribution >= 4 is 17.4 Å². The van der Waals surface area contributed by atoms with Gasteiger partial charge in [0.05, 0.1) is 5.69 Å². The van der Waals surface area contributed by atoms with Crippen molar-refractivity contribution in [2.24, 2.45) is 0 Å². The fourth-order valence-electron chi connectivity index (χ4n) is 6.32. The molecule has 3 aliphatic heterocycles. The zero-order chi connectivity index (χ0) is 23.8. The number of nitrogens with zero attached hydrogens (tertiary/aromatic N) is 3. The molecule has 6 heteroatoms. The van der Waals surface area contributed by atoms with Crippen LogP contribution in [0.3, 0.4) is 0 Å². The highest BCUT2D eigenvalue weighted by molar-refractivity contribution is 5.93. The molecule has 0 saturated carbocycles. The number of hydrogen-bond donors (Lipinski definition) is 1. The highest BCUT2D eigenvalue weighted by Gasteiger charge is 2.41. The number of carbonyl (C=O) groups excluding carboxylic acids is 1. The van der Waals surface area contributed by atoms with Crippen molar-refractivity contribution in [3.63, 3.8) is 0 Å². The van der Waals surface area contributed by atoms with Crippen molar-refractivity contribution in [2.45, 2.75) is 70.5 Å². The number of piperazine rings is 1. The summed E-state index contributed by atoms with van der Waals surface area (Å²) in [5, 5.41) is 2.95. The van der Waals surface area contributed by atoms with Crippen LogP contribution >= 0.6 is 0 Å². The number of para-hydroxylation sites is 1. The number of likely N-dealkylation sites (tertiary alicyclic amines) is 1. The number of benzene rings is 2. The topological polar surface area (TPSA) is 38.8 Å². The summed E-state index contributed by atoms with van der Waals surface area (Å²) < 4.78 is 15.0. The summed E-state index contributed by atoms with van der Waals surface area (Å²) in [7, 11) is 0. The molecule has 2 unspecified atom stereocenters. The van der Waals surface area contributed by atoms with Crippen LogP contribution < -0.4 is 10.2 Å². The van der Waals surface area contributed by atoms with Crippen molar-refractivity contribution < 1.29 is 9.18 Å². The van der Waals surface area contributed by atoms with Crippen LogP contribution in [0.2, 0.25) is 0 Å². The van der Waals surface area contributed by atoms with Crippen molar-refractivity contribution in [1.82, 2.24) is 9.80 Å². The molecule has 0 aromatic heterocycles. The Bertz CT molecular complexity index is 1000. The van der Waals surface area contributed by atoms with Gasteiger partial charge in [-0.15, -0.1) is 0 Å². The molecule has 34 heavy (non-hydrogen) atoms. The number of hydrogen-bond acceptors (Lipinski definition) is 3. The lowest BCUT2D eigenvalue weighted by Crippen LogP contribution is -2.56. The molecule has 1 N–H and O–H groups in total. The molecule has 3 heterocycles. The Hall–Kier alpha value is -2.60. The van der Waals surface area contributed by atoms with Crippen LogP contribution in [-0.2, 0) is 0 Å². The largest absolute Gasteiger partial charge is 0.367 e. The van der Waals surface area contributed by atoms with E-state index in [1.165, 1.54) is 30.0 Å². The van der Waals surface area contributed by atoms with E-state index in [4.69, 9.17) is 0 Å². The van der Waals surface area contributed by atoms with Crippen molar-refractivity contribution in [3.8, 4) is 0 Å². The van der Waals surface area contributed by atoms with Gasteiger partial charge < -0.3 is 15.1 Å². The van der Waals surface area contributed by atoms with Gasteiger partial charge in [-0.1, -0.05) is 35.9 Å². The third kappa shape index (κ3) is 4.52. The standard InChI is InChI=1S/C28H37FN4O/c1-19(2)33-23-11-12-24(33)18-32(17-23)26-6-4-5-25(29)27(26)30-28(34)31-15-13-22(14-16-31)21-9-7-20(3)8-10-21/h4-10,19,22-24H,11-18H2,1-3H3,(H,30,34). The van der Waals surface area contributed by atoms with E-state index in [1.54, 1.807) is 6.07 Å². The first kappa shape index (κ1) is 23.2. The first-order chi connectivity index (χ1) is 16.4. The monoisotopic (exact) mass is 464 g/mol. The number of carbonyl (C=O) groups is 1. The predicted molar refractivity (Wildman–Crippen MR) is 136 cm³/mol. The van der Waals surface area contributed by atoms with Crippen LogP contribution in [0.4, 0.5) is 20.6 Å². The first-order valence-corrected chi connectivity index (χ1v) is 12.8. The molecule has 2 aromatic rings. The van der Waals surface area contributed by atoms with Gasteiger partial charge in [0.25, 0.3) is 0 Å². The predicted octanol–water partition coefficient (Wildman–Crippen LogP) is 5.61. The van der Waals surface area contributed by atoms with E-state index in [-0.39, 0.29) is 11.8 Å².